The fourth-order valence-electron chi connectivity index (χ4n) is 3.70. The molecule has 0 unspecified atom stereocenters. The van der Waals surface area contributed by atoms with Crippen LogP contribution in [0.15, 0.2) is 22.9 Å². The minimum Gasteiger partial charge on any atom is -0.357 e. The predicted octanol–water partition coefficient (Wildman–Crippen LogP) is 3.40. The van der Waals surface area contributed by atoms with Gasteiger partial charge in [-0.3, -0.25) is 0 Å². The number of piperidine rings is 2. The summed E-state index contributed by atoms with van der Waals surface area (Å²) in [6.45, 7) is 5.42. The maximum atomic E-state index is 5.53. The van der Waals surface area contributed by atoms with Crippen LogP contribution in [0.2, 0.25) is 0 Å². The van der Waals surface area contributed by atoms with Crippen molar-refractivity contribution < 1.29 is 4.52 Å². The van der Waals surface area contributed by atoms with Crippen molar-refractivity contribution in [2.24, 2.45) is 0 Å². The fourth-order valence-corrected chi connectivity index (χ4v) is 3.70. The molecule has 136 valence electrons. The molecule has 0 saturated carbocycles. The molecule has 0 spiro atoms. The van der Waals surface area contributed by atoms with Crippen LogP contribution in [0.5, 0.6) is 0 Å². The van der Waals surface area contributed by atoms with Gasteiger partial charge in [0.05, 0.1) is 0 Å². The van der Waals surface area contributed by atoms with Crippen LogP contribution in [0.3, 0.4) is 0 Å². The topological polar surface area (TPSA) is 67.1 Å². The first kappa shape index (κ1) is 18.1. The van der Waals surface area contributed by atoms with E-state index < -0.39 is 0 Å². The van der Waals surface area contributed by atoms with Crippen LogP contribution in [-0.2, 0) is 0 Å². The number of hydrogen-bond donors (Lipinski definition) is 1. The number of nitrogens with zero attached hydrogens (tertiary/aromatic N) is 4. The summed E-state index contributed by atoms with van der Waals surface area (Å²) in [5, 5.41) is 7.62. The second kappa shape index (κ2) is 8.15. The minimum atomic E-state index is 0. The Morgan fingerprint density at radius 1 is 1.20 bits per heavy atom. The van der Waals surface area contributed by atoms with Crippen LogP contribution in [0, 0.1) is 0 Å². The molecule has 2 aromatic rings. The van der Waals surface area contributed by atoms with Crippen LogP contribution in [0.4, 0.5) is 5.82 Å². The Balaban J connectivity index is 0.00000182. The molecular weight excluding hydrogens is 338 g/mol. The van der Waals surface area contributed by atoms with Gasteiger partial charge in [-0.1, -0.05) is 5.16 Å². The summed E-state index contributed by atoms with van der Waals surface area (Å²) in [6, 6.07) is 4.63. The quantitative estimate of drug-likeness (QED) is 0.901. The minimum absolute atomic E-state index is 0. The largest absolute Gasteiger partial charge is 0.357 e. The Hall–Kier alpha value is -1.66. The van der Waals surface area contributed by atoms with Gasteiger partial charge in [0, 0.05) is 36.8 Å². The predicted molar refractivity (Wildman–Crippen MR) is 100 cm³/mol. The highest BCUT2D eigenvalue weighted by Crippen LogP contribution is 2.28. The first-order valence-electron chi connectivity index (χ1n) is 9.08. The molecule has 2 atom stereocenters. The van der Waals surface area contributed by atoms with Crippen molar-refractivity contribution in [3.8, 4) is 11.4 Å². The average molecular weight is 364 g/mol. The van der Waals surface area contributed by atoms with Crippen molar-refractivity contribution in [2.45, 2.75) is 51.0 Å². The second-order valence-electron chi connectivity index (χ2n) is 6.99. The molecule has 0 radical (unpaired) electrons. The third-order valence-corrected chi connectivity index (χ3v) is 5.10. The third-order valence-electron chi connectivity index (χ3n) is 5.10. The number of aromatic nitrogens is 3. The fraction of sp³-hybridized carbons (Fsp3) is 0.611. The highest BCUT2D eigenvalue weighted by Gasteiger charge is 2.25. The van der Waals surface area contributed by atoms with E-state index >= 15 is 0 Å². The van der Waals surface area contributed by atoms with Crippen molar-refractivity contribution in [3.05, 3.63) is 24.2 Å². The zero-order valence-corrected chi connectivity index (χ0v) is 15.5. The zero-order chi connectivity index (χ0) is 16.4. The molecular formula is C18H26ClN5O. The van der Waals surface area contributed by atoms with Crippen LogP contribution < -0.4 is 10.2 Å². The van der Waals surface area contributed by atoms with Gasteiger partial charge >= 0.3 is 0 Å². The van der Waals surface area contributed by atoms with Crippen molar-refractivity contribution in [3.63, 3.8) is 0 Å². The van der Waals surface area contributed by atoms with Crippen LogP contribution in [0.25, 0.3) is 11.4 Å². The number of pyridine rings is 1. The second-order valence-corrected chi connectivity index (χ2v) is 6.99. The molecule has 0 bridgehead atoms. The van der Waals surface area contributed by atoms with Gasteiger partial charge in [0.1, 0.15) is 5.82 Å². The first-order valence-corrected chi connectivity index (χ1v) is 9.08. The van der Waals surface area contributed by atoms with Gasteiger partial charge in [0.25, 0.3) is 0 Å². The summed E-state index contributed by atoms with van der Waals surface area (Å²) < 4.78 is 5.53. The molecule has 2 aliphatic heterocycles. The Morgan fingerprint density at radius 2 is 2.04 bits per heavy atom. The molecule has 25 heavy (non-hydrogen) atoms. The number of rotatable bonds is 3. The molecule has 2 fully saturated rings. The van der Waals surface area contributed by atoms with Gasteiger partial charge in [-0.2, -0.15) is 4.98 Å². The Bertz CT molecular complexity index is 668. The molecule has 6 nitrogen and oxygen atoms in total. The summed E-state index contributed by atoms with van der Waals surface area (Å²) in [6.07, 6.45) is 7.81. The van der Waals surface area contributed by atoms with Crippen LogP contribution >= 0.6 is 12.4 Å². The average Bonchev–Trinajstić information content (AvgIpc) is 3.13. The molecule has 0 amide bonds. The van der Waals surface area contributed by atoms with E-state index in [1.54, 1.807) is 0 Å². The molecule has 4 heterocycles. The van der Waals surface area contributed by atoms with E-state index in [1.165, 1.54) is 19.3 Å². The van der Waals surface area contributed by atoms with E-state index in [2.05, 4.69) is 44.4 Å². The van der Waals surface area contributed by atoms with E-state index in [4.69, 9.17) is 4.52 Å². The molecule has 0 aliphatic carbocycles. The molecule has 2 saturated heterocycles. The van der Waals surface area contributed by atoms with E-state index in [0.29, 0.717) is 17.8 Å². The highest BCUT2D eigenvalue weighted by atomic mass is 35.5. The normalized spacial score (nSPS) is 24.0. The monoisotopic (exact) mass is 363 g/mol. The van der Waals surface area contributed by atoms with E-state index in [1.807, 2.05) is 6.20 Å². The van der Waals surface area contributed by atoms with Gasteiger partial charge in [-0.05, 0) is 57.7 Å². The van der Waals surface area contributed by atoms with Gasteiger partial charge in [0.15, 0.2) is 0 Å². The van der Waals surface area contributed by atoms with E-state index in [9.17, 15) is 0 Å². The number of halogens is 1. The van der Waals surface area contributed by atoms with Crippen molar-refractivity contribution in [1.29, 1.82) is 0 Å². The lowest BCUT2D eigenvalue weighted by molar-refractivity contribution is 0.295. The Morgan fingerprint density at radius 3 is 2.76 bits per heavy atom. The summed E-state index contributed by atoms with van der Waals surface area (Å²) in [4.78, 5) is 11.6. The lowest BCUT2D eigenvalue weighted by Crippen LogP contribution is -2.34. The van der Waals surface area contributed by atoms with Gasteiger partial charge in [-0.15, -0.1) is 12.4 Å². The van der Waals surface area contributed by atoms with Gasteiger partial charge < -0.3 is 14.7 Å². The van der Waals surface area contributed by atoms with E-state index in [0.717, 1.165) is 49.7 Å². The Kier molecular flexibility index (Phi) is 5.91. The lowest BCUT2D eigenvalue weighted by Gasteiger charge is -2.27. The zero-order valence-electron chi connectivity index (χ0n) is 14.6. The van der Waals surface area contributed by atoms with Crippen LogP contribution in [0.1, 0.15) is 50.8 Å². The molecule has 2 aliphatic rings. The molecule has 2 aromatic heterocycles. The smallest absolute Gasteiger partial charge is 0.230 e. The SMILES string of the molecule is C[C@H]1C[C@@H](c2nc(-c3ccc(N4CCCCC4)nc3)no2)CCN1.Cl. The molecule has 0 aromatic carbocycles. The van der Waals surface area contributed by atoms with Crippen LogP contribution in [-0.4, -0.2) is 40.8 Å². The first-order chi connectivity index (χ1) is 11.8. The van der Waals surface area contributed by atoms with Gasteiger partial charge in [-0.25, -0.2) is 4.98 Å². The maximum Gasteiger partial charge on any atom is 0.230 e. The number of hydrogen-bond acceptors (Lipinski definition) is 6. The van der Waals surface area contributed by atoms with Crippen molar-refractivity contribution >= 4 is 18.2 Å². The summed E-state index contributed by atoms with van der Waals surface area (Å²) in [5.41, 5.74) is 0.924. The molecule has 1 N–H and O–H groups in total. The summed E-state index contributed by atoms with van der Waals surface area (Å²) >= 11 is 0. The van der Waals surface area contributed by atoms with Crippen molar-refractivity contribution in [1.82, 2.24) is 20.4 Å². The summed E-state index contributed by atoms with van der Waals surface area (Å²) in [7, 11) is 0. The summed E-state index contributed by atoms with van der Waals surface area (Å²) in [5.74, 6) is 2.82. The molecule has 7 heteroatoms. The Labute approximate surface area is 154 Å². The van der Waals surface area contributed by atoms with Gasteiger partial charge in [0.2, 0.25) is 11.7 Å². The number of nitrogens with one attached hydrogen (secondary N) is 1. The molecule has 4 rings (SSSR count). The number of anilines is 1. The highest BCUT2D eigenvalue weighted by molar-refractivity contribution is 5.85. The van der Waals surface area contributed by atoms with E-state index in [-0.39, 0.29) is 12.4 Å². The maximum absolute atomic E-state index is 5.53. The third kappa shape index (κ3) is 4.12. The lowest BCUT2D eigenvalue weighted by atomic mass is 9.93. The standard InChI is InChI=1S/C18H25N5O.ClH/c1-13-11-14(7-8-19-13)18-21-17(22-24-18)15-5-6-16(20-12-15)23-9-3-2-4-10-23;/h5-6,12-14,19H,2-4,7-11H2,1H3;1H/t13-,14-;/m0./s1. The van der Waals surface area contributed by atoms with Crippen molar-refractivity contribution in [2.75, 3.05) is 24.5 Å².